The Hall–Kier alpha value is -1.46. The van der Waals surface area contributed by atoms with Crippen LogP contribution in [0.25, 0.3) is 0 Å². The normalized spacial score (nSPS) is 12.7. The number of hydrogen-bond donors (Lipinski definition) is 1. The Balaban J connectivity index is 2.22. The lowest BCUT2D eigenvalue weighted by Gasteiger charge is -2.10. The maximum absolute atomic E-state index is 6.15. The molecule has 0 aliphatic rings. The van der Waals surface area contributed by atoms with Gasteiger partial charge in [0.2, 0.25) is 0 Å². The number of aromatic nitrogens is 4. The molecule has 0 saturated carbocycles. The molecule has 1 unspecified atom stereocenters. The highest BCUT2D eigenvalue weighted by Gasteiger charge is 2.16. The smallest absolute Gasteiger partial charge is 0.130 e. The van der Waals surface area contributed by atoms with Gasteiger partial charge >= 0.3 is 0 Å². The number of aryl methyl sites for hydroxylation is 2. The van der Waals surface area contributed by atoms with Gasteiger partial charge in [-0.1, -0.05) is 11.6 Å². The van der Waals surface area contributed by atoms with E-state index < -0.39 is 0 Å². The average molecular weight is 252 g/mol. The molecule has 0 bridgehead atoms. The van der Waals surface area contributed by atoms with Crippen LogP contribution in [-0.2, 0) is 13.5 Å². The van der Waals surface area contributed by atoms with Crippen LogP contribution in [0.15, 0.2) is 18.6 Å². The number of nitrogens with zero attached hydrogens (tertiary/aromatic N) is 4. The third-order valence-electron chi connectivity index (χ3n) is 2.66. The van der Waals surface area contributed by atoms with E-state index in [1.165, 1.54) is 0 Å². The molecule has 0 saturated heterocycles. The largest absolute Gasteiger partial charge is 0.322 e. The van der Waals surface area contributed by atoms with E-state index in [1.807, 2.05) is 14.0 Å². The SMILES string of the molecule is Cc1nn(C)c(Cl)c1CC(N)c1cnccn1. The molecule has 2 aromatic heterocycles. The quantitative estimate of drug-likeness (QED) is 0.896. The monoisotopic (exact) mass is 251 g/mol. The van der Waals surface area contributed by atoms with Crippen molar-refractivity contribution >= 4 is 11.6 Å². The van der Waals surface area contributed by atoms with E-state index in [9.17, 15) is 0 Å². The standard InChI is InChI=1S/C11H14ClN5/c1-7-8(11(12)17(2)16-7)5-9(13)10-6-14-3-4-15-10/h3-4,6,9H,5,13H2,1-2H3. The molecule has 17 heavy (non-hydrogen) atoms. The number of halogens is 1. The van der Waals surface area contributed by atoms with Crippen molar-refractivity contribution in [2.75, 3.05) is 0 Å². The second-order valence-corrected chi connectivity index (χ2v) is 4.28. The fourth-order valence-corrected chi connectivity index (χ4v) is 1.98. The summed E-state index contributed by atoms with van der Waals surface area (Å²) in [4.78, 5) is 8.18. The molecule has 2 rings (SSSR count). The van der Waals surface area contributed by atoms with Gasteiger partial charge in [-0.2, -0.15) is 5.10 Å². The van der Waals surface area contributed by atoms with E-state index in [0.29, 0.717) is 11.6 Å². The molecule has 2 N–H and O–H groups in total. The second-order valence-electron chi connectivity index (χ2n) is 3.92. The van der Waals surface area contributed by atoms with Crippen molar-refractivity contribution in [1.82, 2.24) is 19.7 Å². The van der Waals surface area contributed by atoms with E-state index in [4.69, 9.17) is 17.3 Å². The molecule has 2 heterocycles. The zero-order valence-electron chi connectivity index (χ0n) is 9.76. The summed E-state index contributed by atoms with van der Waals surface area (Å²) in [5.41, 5.74) is 8.70. The van der Waals surface area contributed by atoms with Crippen LogP contribution in [0.5, 0.6) is 0 Å². The molecule has 0 radical (unpaired) electrons. The van der Waals surface area contributed by atoms with Crippen molar-refractivity contribution in [2.45, 2.75) is 19.4 Å². The molecular formula is C11H14ClN5. The van der Waals surface area contributed by atoms with Crippen LogP contribution in [0.2, 0.25) is 5.15 Å². The summed E-state index contributed by atoms with van der Waals surface area (Å²) in [6.07, 6.45) is 5.53. The predicted molar refractivity (Wildman–Crippen MR) is 65.6 cm³/mol. The van der Waals surface area contributed by atoms with Gasteiger partial charge < -0.3 is 5.73 Å². The van der Waals surface area contributed by atoms with Crippen molar-refractivity contribution < 1.29 is 0 Å². The molecule has 90 valence electrons. The van der Waals surface area contributed by atoms with Gasteiger partial charge in [0.15, 0.2) is 0 Å². The first-order valence-electron chi connectivity index (χ1n) is 5.29. The minimum absolute atomic E-state index is 0.218. The van der Waals surface area contributed by atoms with E-state index in [2.05, 4.69) is 15.1 Å². The summed E-state index contributed by atoms with van der Waals surface area (Å²) in [5.74, 6) is 0. The number of hydrogen-bond acceptors (Lipinski definition) is 4. The van der Waals surface area contributed by atoms with Gasteiger partial charge in [-0.05, 0) is 13.3 Å². The van der Waals surface area contributed by atoms with E-state index in [0.717, 1.165) is 17.0 Å². The molecular weight excluding hydrogens is 238 g/mol. The van der Waals surface area contributed by atoms with Crippen molar-refractivity contribution in [1.29, 1.82) is 0 Å². The minimum atomic E-state index is -0.218. The topological polar surface area (TPSA) is 69.6 Å². The highest BCUT2D eigenvalue weighted by molar-refractivity contribution is 6.30. The molecule has 0 aliphatic heterocycles. The van der Waals surface area contributed by atoms with Crippen molar-refractivity contribution in [3.05, 3.63) is 40.7 Å². The Morgan fingerprint density at radius 3 is 2.76 bits per heavy atom. The molecule has 0 fully saturated rings. The minimum Gasteiger partial charge on any atom is -0.322 e. The van der Waals surface area contributed by atoms with Gasteiger partial charge in [-0.25, -0.2) is 0 Å². The summed E-state index contributed by atoms with van der Waals surface area (Å²) in [6, 6.07) is -0.218. The zero-order valence-corrected chi connectivity index (χ0v) is 10.5. The van der Waals surface area contributed by atoms with Crippen LogP contribution in [0.3, 0.4) is 0 Å². The Morgan fingerprint density at radius 2 is 2.24 bits per heavy atom. The van der Waals surface area contributed by atoms with E-state index in [1.54, 1.807) is 23.3 Å². The molecule has 0 amide bonds. The average Bonchev–Trinajstić information content (AvgIpc) is 2.57. The maximum atomic E-state index is 6.15. The molecule has 0 aromatic carbocycles. The van der Waals surface area contributed by atoms with Crippen molar-refractivity contribution in [2.24, 2.45) is 12.8 Å². The number of nitrogens with two attached hydrogens (primary N) is 1. The molecule has 2 aromatic rings. The zero-order chi connectivity index (χ0) is 12.4. The van der Waals surface area contributed by atoms with Crippen LogP contribution in [0, 0.1) is 6.92 Å². The van der Waals surface area contributed by atoms with Crippen LogP contribution in [0.1, 0.15) is 23.0 Å². The van der Waals surface area contributed by atoms with Gasteiger partial charge in [-0.3, -0.25) is 14.6 Å². The van der Waals surface area contributed by atoms with Crippen LogP contribution < -0.4 is 5.73 Å². The van der Waals surface area contributed by atoms with Crippen LogP contribution >= 0.6 is 11.6 Å². The second kappa shape index (κ2) is 4.81. The van der Waals surface area contributed by atoms with Crippen LogP contribution in [0.4, 0.5) is 0 Å². The third kappa shape index (κ3) is 2.45. The summed E-state index contributed by atoms with van der Waals surface area (Å²) in [6.45, 7) is 1.92. The van der Waals surface area contributed by atoms with E-state index >= 15 is 0 Å². The van der Waals surface area contributed by atoms with Gasteiger partial charge in [0.25, 0.3) is 0 Å². The first-order valence-corrected chi connectivity index (χ1v) is 5.67. The summed E-state index contributed by atoms with van der Waals surface area (Å²) >= 11 is 6.15. The number of rotatable bonds is 3. The molecule has 0 aliphatic carbocycles. The highest BCUT2D eigenvalue weighted by Crippen LogP contribution is 2.23. The third-order valence-corrected chi connectivity index (χ3v) is 3.13. The Labute approximate surface area is 105 Å². The summed E-state index contributed by atoms with van der Waals surface area (Å²) in [5, 5.41) is 4.88. The maximum Gasteiger partial charge on any atom is 0.130 e. The lowest BCUT2D eigenvalue weighted by Crippen LogP contribution is -2.15. The Bertz CT molecular complexity index is 508. The summed E-state index contributed by atoms with van der Waals surface area (Å²) < 4.78 is 1.65. The fourth-order valence-electron chi connectivity index (χ4n) is 1.73. The van der Waals surface area contributed by atoms with Gasteiger partial charge in [0.1, 0.15) is 5.15 Å². The molecule has 5 nitrogen and oxygen atoms in total. The van der Waals surface area contributed by atoms with Crippen molar-refractivity contribution in [3.63, 3.8) is 0 Å². The fraction of sp³-hybridized carbons (Fsp3) is 0.364. The predicted octanol–water partition coefficient (Wildman–Crippen LogP) is 1.41. The molecule has 1 atom stereocenters. The first-order chi connectivity index (χ1) is 8.09. The van der Waals surface area contributed by atoms with Crippen LogP contribution in [-0.4, -0.2) is 19.7 Å². The lowest BCUT2D eigenvalue weighted by molar-refractivity contribution is 0.688. The molecule has 0 spiro atoms. The highest BCUT2D eigenvalue weighted by atomic mass is 35.5. The molecule has 6 heteroatoms. The van der Waals surface area contributed by atoms with Gasteiger partial charge in [0.05, 0.1) is 17.4 Å². The lowest BCUT2D eigenvalue weighted by atomic mass is 10.1. The van der Waals surface area contributed by atoms with E-state index in [-0.39, 0.29) is 6.04 Å². The summed E-state index contributed by atoms with van der Waals surface area (Å²) in [7, 11) is 1.81. The Kier molecular flexibility index (Phi) is 3.40. The first kappa shape index (κ1) is 12.0. The van der Waals surface area contributed by atoms with Crippen molar-refractivity contribution in [3.8, 4) is 0 Å². The van der Waals surface area contributed by atoms with Gasteiger partial charge in [-0.15, -0.1) is 0 Å². The Morgan fingerprint density at radius 1 is 1.47 bits per heavy atom. The van der Waals surface area contributed by atoms with Gasteiger partial charge in [0, 0.05) is 31.2 Å².